The highest BCUT2D eigenvalue weighted by molar-refractivity contribution is 5.81. The Morgan fingerprint density at radius 3 is 2.91 bits per heavy atom. The summed E-state index contributed by atoms with van der Waals surface area (Å²) in [5.74, 6) is 2.02. The molecule has 118 valence electrons. The van der Waals surface area contributed by atoms with Gasteiger partial charge in [0.1, 0.15) is 6.10 Å². The van der Waals surface area contributed by atoms with Crippen LogP contribution in [0.2, 0.25) is 0 Å². The number of anilines is 1. The molecule has 22 heavy (non-hydrogen) atoms. The van der Waals surface area contributed by atoms with Crippen LogP contribution in [-0.2, 0) is 9.53 Å². The predicted molar refractivity (Wildman–Crippen MR) is 81.4 cm³/mol. The van der Waals surface area contributed by atoms with E-state index in [0.29, 0.717) is 11.8 Å². The van der Waals surface area contributed by atoms with Crippen LogP contribution in [-0.4, -0.2) is 47.7 Å². The number of amides is 1. The zero-order valence-electron chi connectivity index (χ0n) is 12.6. The number of fused-ring (bicyclic) bond motifs is 1. The average Bonchev–Trinajstić information content (AvgIpc) is 3.29. The highest BCUT2D eigenvalue weighted by Gasteiger charge is 2.42. The molecule has 3 aliphatic rings. The molecule has 2 saturated heterocycles. The first-order chi connectivity index (χ1) is 10.8. The first kappa shape index (κ1) is 13.9. The summed E-state index contributed by atoms with van der Waals surface area (Å²) in [7, 11) is 0. The highest BCUT2D eigenvalue weighted by Crippen LogP contribution is 2.34. The molecule has 3 heterocycles. The molecule has 1 amide bonds. The van der Waals surface area contributed by atoms with Gasteiger partial charge in [0.25, 0.3) is 0 Å². The van der Waals surface area contributed by atoms with Gasteiger partial charge in [-0.05, 0) is 43.6 Å². The van der Waals surface area contributed by atoms with E-state index in [-0.39, 0.29) is 18.1 Å². The van der Waals surface area contributed by atoms with Crippen molar-refractivity contribution in [2.75, 3.05) is 24.5 Å². The van der Waals surface area contributed by atoms with Gasteiger partial charge < -0.3 is 15.0 Å². The Labute approximate surface area is 130 Å². The molecule has 4 rings (SSSR count). The molecule has 0 spiro atoms. The molecule has 1 aromatic rings. The number of nitrogens with one attached hydrogen (secondary N) is 1. The number of rotatable bonds is 4. The Bertz CT molecular complexity index is 534. The van der Waals surface area contributed by atoms with Crippen LogP contribution in [0.3, 0.4) is 0 Å². The van der Waals surface area contributed by atoms with Crippen molar-refractivity contribution >= 4 is 11.9 Å². The molecule has 1 saturated carbocycles. The Morgan fingerprint density at radius 2 is 2.14 bits per heavy atom. The summed E-state index contributed by atoms with van der Waals surface area (Å²) in [6.07, 6.45) is 7.77. The normalized spacial score (nSPS) is 30.9. The second kappa shape index (κ2) is 5.83. The molecule has 1 N–H and O–H groups in total. The van der Waals surface area contributed by atoms with Crippen LogP contribution in [0.5, 0.6) is 0 Å². The number of nitrogens with zero attached hydrogens (tertiary/aromatic N) is 3. The Kier molecular flexibility index (Phi) is 3.70. The van der Waals surface area contributed by atoms with E-state index < -0.39 is 0 Å². The monoisotopic (exact) mass is 302 g/mol. The molecule has 2 aliphatic heterocycles. The lowest BCUT2D eigenvalue weighted by molar-refractivity contribution is -0.132. The molecular formula is C16H22N4O2. The lowest BCUT2D eigenvalue weighted by atomic mass is 9.92. The lowest BCUT2D eigenvalue weighted by Crippen LogP contribution is -2.43. The SMILES string of the molecule is O=C(NCC1CC1)[C@@H]1C[C@H]2CCN(c3ncccn3)C[C@H]2O1. The van der Waals surface area contributed by atoms with Crippen molar-refractivity contribution in [3.63, 3.8) is 0 Å². The van der Waals surface area contributed by atoms with Crippen LogP contribution in [0.25, 0.3) is 0 Å². The number of hydrogen-bond acceptors (Lipinski definition) is 5. The third-order valence-electron chi connectivity index (χ3n) is 4.94. The van der Waals surface area contributed by atoms with E-state index in [1.165, 1.54) is 12.8 Å². The molecule has 0 bridgehead atoms. The second-order valence-electron chi connectivity index (χ2n) is 6.63. The van der Waals surface area contributed by atoms with Gasteiger partial charge in [0.05, 0.1) is 6.10 Å². The van der Waals surface area contributed by atoms with Crippen LogP contribution in [0.1, 0.15) is 25.7 Å². The molecule has 0 unspecified atom stereocenters. The van der Waals surface area contributed by atoms with Crippen molar-refractivity contribution in [1.29, 1.82) is 0 Å². The minimum Gasteiger partial charge on any atom is -0.363 e. The van der Waals surface area contributed by atoms with Crippen molar-refractivity contribution in [1.82, 2.24) is 15.3 Å². The van der Waals surface area contributed by atoms with E-state index in [9.17, 15) is 4.79 Å². The molecule has 6 nitrogen and oxygen atoms in total. The molecule has 0 aromatic carbocycles. The standard InChI is InChI=1S/C16H22N4O2/c21-15(19-9-11-2-3-11)13-8-12-4-7-20(10-14(12)22-13)16-17-5-1-6-18-16/h1,5-6,11-14H,2-4,7-10H2,(H,19,21)/t12-,13+,14-/m1/s1. The zero-order chi connectivity index (χ0) is 14.9. The van der Waals surface area contributed by atoms with E-state index >= 15 is 0 Å². The van der Waals surface area contributed by atoms with E-state index in [0.717, 1.165) is 38.4 Å². The third kappa shape index (κ3) is 2.92. The average molecular weight is 302 g/mol. The first-order valence-corrected chi connectivity index (χ1v) is 8.25. The van der Waals surface area contributed by atoms with Gasteiger partial charge >= 0.3 is 0 Å². The molecule has 0 radical (unpaired) electrons. The molecule has 1 aliphatic carbocycles. The van der Waals surface area contributed by atoms with Crippen LogP contribution in [0.15, 0.2) is 18.5 Å². The maximum atomic E-state index is 12.2. The summed E-state index contributed by atoms with van der Waals surface area (Å²) < 4.78 is 6.02. The smallest absolute Gasteiger partial charge is 0.249 e. The number of carbonyl (C=O) groups excluding carboxylic acids is 1. The maximum Gasteiger partial charge on any atom is 0.249 e. The minimum absolute atomic E-state index is 0.0730. The van der Waals surface area contributed by atoms with Gasteiger partial charge in [-0.2, -0.15) is 0 Å². The molecular weight excluding hydrogens is 280 g/mol. The lowest BCUT2D eigenvalue weighted by Gasteiger charge is -2.33. The Hall–Kier alpha value is -1.69. The van der Waals surface area contributed by atoms with E-state index in [4.69, 9.17) is 4.74 Å². The quantitative estimate of drug-likeness (QED) is 0.898. The molecule has 3 atom stereocenters. The number of carbonyl (C=O) groups is 1. The van der Waals surface area contributed by atoms with E-state index in [1.807, 2.05) is 6.07 Å². The number of piperidine rings is 1. The summed E-state index contributed by atoms with van der Waals surface area (Å²) in [5, 5.41) is 3.04. The van der Waals surface area contributed by atoms with Crippen molar-refractivity contribution in [2.45, 2.75) is 37.9 Å². The van der Waals surface area contributed by atoms with Crippen LogP contribution >= 0.6 is 0 Å². The van der Waals surface area contributed by atoms with Gasteiger partial charge in [-0.1, -0.05) is 0 Å². The summed E-state index contributed by atoms with van der Waals surface area (Å²) in [5.41, 5.74) is 0. The first-order valence-electron chi connectivity index (χ1n) is 8.25. The van der Waals surface area contributed by atoms with Crippen molar-refractivity contribution in [3.05, 3.63) is 18.5 Å². The van der Waals surface area contributed by atoms with Crippen LogP contribution in [0.4, 0.5) is 5.95 Å². The summed E-state index contributed by atoms with van der Waals surface area (Å²) in [6.45, 7) is 2.53. The van der Waals surface area contributed by atoms with Crippen molar-refractivity contribution in [3.8, 4) is 0 Å². The topological polar surface area (TPSA) is 67.4 Å². The van der Waals surface area contributed by atoms with Gasteiger partial charge in [0.15, 0.2) is 0 Å². The largest absolute Gasteiger partial charge is 0.363 e. The highest BCUT2D eigenvalue weighted by atomic mass is 16.5. The van der Waals surface area contributed by atoms with Gasteiger partial charge in [-0.15, -0.1) is 0 Å². The van der Waals surface area contributed by atoms with Gasteiger partial charge in [-0.3, -0.25) is 4.79 Å². The second-order valence-corrected chi connectivity index (χ2v) is 6.63. The number of aromatic nitrogens is 2. The zero-order valence-corrected chi connectivity index (χ0v) is 12.6. The van der Waals surface area contributed by atoms with Gasteiger partial charge in [0.2, 0.25) is 11.9 Å². The van der Waals surface area contributed by atoms with Gasteiger partial charge in [-0.25, -0.2) is 9.97 Å². The predicted octanol–water partition coefficient (Wildman–Crippen LogP) is 0.987. The van der Waals surface area contributed by atoms with Crippen molar-refractivity contribution in [2.24, 2.45) is 11.8 Å². The minimum atomic E-state index is -0.273. The van der Waals surface area contributed by atoms with Gasteiger partial charge in [0, 0.05) is 32.0 Å². The number of ether oxygens (including phenoxy) is 1. The fourth-order valence-corrected chi connectivity index (χ4v) is 3.42. The fraction of sp³-hybridized carbons (Fsp3) is 0.688. The van der Waals surface area contributed by atoms with Crippen molar-refractivity contribution < 1.29 is 9.53 Å². The summed E-state index contributed by atoms with van der Waals surface area (Å²) in [6, 6.07) is 1.82. The summed E-state index contributed by atoms with van der Waals surface area (Å²) >= 11 is 0. The molecule has 6 heteroatoms. The Morgan fingerprint density at radius 1 is 1.32 bits per heavy atom. The summed E-state index contributed by atoms with van der Waals surface area (Å²) in [4.78, 5) is 23.0. The van der Waals surface area contributed by atoms with E-state index in [2.05, 4.69) is 20.2 Å². The Balaban J connectivity index is 1.34. The fourth-order valence-electron chi connectivity index (χ4n) is 3.42. The third-order valence-corrected chi connectivity index (χ3v) is 4.94. The van der Waals surface area contributed by atoms with E-state index in [1.54, 1.807) is 12.4 Å². The maximum absolute atomic E-state index is 12.2. The van der Waals surface area contributed by atoms with Crippen LogP contribution < -0.4 is 10.2 Å². The molecule has 3 fully saturated rings. The number of hydrogen-bond donors (Lipinski definition) is 1. The molecule has 1 aromatic heterocycles. The van der Waals surface area contributed by atoms with Crippen LogP contribution in [0, 0.1) is 11.8 Å².